The van der Waals surface area contributed by atoms with Gasteiger partial charge < -0.3 is 10.6 Å². The normalized spacial score (nSPS) is 20.9. The highest BCUT2D eigenvalue weighted by molar-refractivity contribution is 6.39. The minimum absolute atomic E-state index is 0.254. The molecule has 144 valence electrons. The summed E-state index contributed by atoms with van der Waals surface area (Å²) in [6.07, 6.45) is 1.61. The number of imide groups is 1. The van der Waals surface area contributed by atoms with Crippen LogP contribution in [-0.4, -0.2) is 34.8 Å². The third-order valence-corrected chi connectivity index (χ3v) is 5.84. The lowest BCUT2D eigenvalue weighted by atomic mass is 9.78. The molecule has 4 rings (SSSR count). The standard InChI is InChI=1S/C20H17Cl2N3O3/c21-14-6-3-7-15(22)17(14)23-16(26)11-25-18(27)20(24-19(25)28)9-8-12-4-1-2-5-13(12)10-20/h1-7H,8-11H2,(H,23,26)(H,24,28). The van der Waals surface area contributed by atoms with Crippen molar-refractivity contribution in [3.8, 4) is 0 Å². The van der Waals surface area contributed by atoms with Crippen molar-refractivity contribution in [2.24, 2.45) is 0 Å². The highest BCUT2D eigenvalue weighted by atomic mass is 35.5. The van der Waals surface area contributed by atoms with Gasteiger partial charge in [-0.2, -0.15) is 0 Å². The summed E-state index contributed by atoms with van der Waals surface area (Å²) in [7, 11) is 0. The Labute approximate surface area is 171 Å². The van der Waals surface area contributed by atoms with Gasteiger partial charge in [0, 0.05) is 6.42 Å². The molecule has 0 bridgehead atoms. The minimum Gasteiger partial charge on any atom is -0.323 e. The summed E-state index contributed by atoms with van der Waals surface area (Å²) in [6, 6.07) is 12.1. The molecule has 1 spiro atoms. The molecule has 1 aliphatic heterocycles. The zero-order valence-corrected chi connectivity index (χ0v) is 16.3. The van der Waals surface area contributed by atoms with E-state index in [1.165, 1.54) is 5.56 Å². The molecule has 2 N–H and O–H groups in total. The van der Waals surface area contributed by atoms with Crippen LogP contribution >= 0.6 is 23.2 Å². The molecule has 1 saturated heterocycles. The molecule has 0 aromatic heterocycles. The molecule has 1 fully saturated rings. The number of urea groups is 1. The van der Waals surface area contributed by atoms with E-state index in [2.05, 4.69) is 10.6 Å². The average Bonchev–Trinajstić information content (AvgIpc) is 2.89. The van der Waals surface area contributed by atoms with E-state index in [1.54, 1.807) is 18.2 Å². The maximum absolute atomic E-state index is 13.0. The van der Waals surface area contributed by atoms with Gasteiger partial charge >= 0.3 is 6.03 Å². The van der Waals surface area contributed by atoms with Crippen LogP contribution < -0.4 is 10.6 Å². The van der Waals surface area contributed by atoms with Crippen LogP contribution in [0.25, 0.3) is 0 Å². The van der Waals surface area contributed by atoms with Crippen molar-refractivity contribution in [1.29, 1.82) is 0 Å². The number of hydrogen-bond donors (Lipinski definition) is 2. The maximum Gasteiger partial charge on any atom is 0.325 e. The number of nitrogens with one attached hydrogen (secondary N) is 2. The van der Waals surface area contributed by atoms with Crippen molar-refractivity contribution in [3.63, 3.8) is 0 Å². The van der Waals surface area contributed by atoms with Crippen LogP contribution in [0.5, 0.6) is 0 Å². The summed E-state index contributed by atoms with van der Waals surface area (Å²) in [5.41, 5.74) is 1.48. The molecule has 4 amide bonds. The van der Waals surface area contributed by atoms with Gasteiger partial charge in [0.25, 0.3) is 5.91 Å². The Morgan fingerprint density at radius 1 is 1.07 bits per heavy atom. The lowest BCUT2D eigenvalue weighted by molar-refractivity contribution is -0.134. The van der Waals surface area contributed by atoms with Gasteiger partial charge in [0.15, 0.2) is 0 Å². The van der Waals surface area contributed by atoms with Crippen molar-refractivity contribution < 1.29 is 14.4 Å². The first-order valence-corrected chi connectivity index (χ1v) is 9.60. The third-order valence-electron chi connectivity index (χ3n) is 5.21. The molecule has 6 nitrogen and oxygen atoms in total. The number of benzene rings is 2. The highest BCUT2D eigenvalue weighted by Crippen LogP contribution is 2.34. The van der Waals surface area contributed by atoms with Gasteiger partial charge in [0.1, 0.15) is 12.1 Å². The van der Waals surface area contributed by atoms with Gasteiger partial charge in [0.05, 0.1) is 15.7 Å². The molecule has 2 aromatic carbocycles. The highest BCUT2D eigenvalue weighted by Gasteiger charge is 2.52. The van der Waals surface area contributed by atoms with Gasteiger partial charge in [-0.15, -0.1) is 0 Å². The Hall–Kier alpha value is -2.57. The fourth-order valence-corrected chi connectivity index (χ4v) is 4.28. The Bertz CT molecular complexity index is 974. The maximum atomic E-state index is 13.0. The monoisotopic (exact) mass is 417 g/mol. The zero-order chi connectivity index (χ0) is 19.9. The SMILES string of the molecule is O=C(CN1C(=O)NC2(CCc3ccccc3C2)C1=O)Nc1c(Cl)cccc1Cl. The van der Waals surface area contributed by atoms with Crippen LogP contribution in [0.4, 0.5) is 10.5 Å². The Kier molecular flexibility index (Phi) is 4.77. The molecule has 1 unspecified atom stereocenters. The molecule has 2 aromatic rings. The number of nitrogens with zero attached hydrogens (tertiary/aromatic N) is 1. The van der Waals surface area contributed by atoms with E-state index in [-0.39, 0.29) is 21.6 Å². The molecule has 8 heteroatoms. The topological polar surface area (TPSA) is 78.5 Å². The Balaban J connectivity index is 1.50. The van der Waals surface area contributed by atoms with Crippen LogP contribution in [0.15, 0.2) is 42.5 Å². The first kappa shape index (κ1) is 18.8. The molecule has 1 heterocycles. The van der Waals surface area contributed by atoms with E-state index < -0.39 is 24.0 Å². The van der Waals surface area contributed by atoms with Crippen molar-refractivity contribution in [1.82, 2.24) is 10.2 Å². The van der Waals surface area contributed by atoms with Crippen LogP contribution in [0.2, 0.25) is 10.0 Å². The van der Waals surface area contributed by atoms with Crippen molar-refractivity contribution in [2.75, 3.05) is 11.9 Å². The number of amides is 4. The van der Waals surface area contributed by atoms with Gasteiger partial charge in [0.2, 0.25) is 5.91 Å². The van der Waals surface area contributed by atoms with E-state index in [0.29, 0.717) is 19.3 Å². The summed E-state index contributed by atoms with van der Waals surface area (Å²) >= 11 is 12.1. The van der Waals surface area contributed by atoms with Crippen molar-refractivity contribution >= 4 is 46.7 Å². The van der Waals surface area contributed by atoms with E-state index >= 15 is 0 Å². The molecule has 1 atom stereocenters. The molecule has 2 aliphatic rings. The van der Waals surface area contributed by atoms with Crippen molar-refractivity contribution in [3.05, 3.63) is 63.6 Å². The number of halogens is 2. The second-order valence-electron chi connectivity index (χ2n) is 6.99. The number of carbonyl (C=O) groups excluding carboxylic acids is 3. The molecule has 28 heavy (non-hydrogen) atoms. The van der Waals surface area contributed by atoms with E-state index in [1.807, 2.05) is 24.3 Å². The lowest BCUT2D eigenvalue weighted by Gasteiger charge is -2.32. The summed E-state index contributed by atoms with van der Waals surface area (Å²) in [4.78, 5) is 38.9. The first-order valence-electron chi connectivity index (χ1n) is 8.84. The fourth-order valence-electron chi connectivity index (χ4n) is 3.78. The first-order chi connectivity index (χ1) is 13.4. The molecule has 1 aliphatic carbocycles. The van der Waals surface area contributed by atoms with Crippen LogP contribution in [0.3, 0.4) is 0 Å². The average molecular weight is 418 g/mol. The van der Waals surface area contributed by atoms with Crippen LogP contribution in [0.1, 0.15) is 17.5 Å². The van der Waals surface area contributed by atoms with E-state index in [0.717, 1.165) is 10.5 Å². The largest absolute Gasteiger partial charge is 0.325 e. The van der Waals surface area contributed by atoms with Crippen LogP contribution in [0, 0.1) is 0 Å². The van der Waals surface area contributed by atoms with Crippen LogP contribution in [-0.2, 0) is 22.4 Å². The number of carbonyl (C=O) groups is 3. The Morgan fingerprint density at radius 2 is 1.75 bits per heavy atom. The summed E-state index contributed by atoms with van der Waals surface area (Å²) in [5.74, 6) is -0.931. The number of fused-ring (bicyclic) bond motifs is 1. The smallest absolute Gasteiger partial charge is 0.323 e. The van der Waals surface area contributed by atoms with E-state index in [9.17, 15) is 14.4 Å². The Morgan fingerprint density at radius 3 is 2.46 bits per heavy atom. The molecule has 0 saturated carbocycles. The lowest BCUT2D eigenvalue weighted by Crippen LogP contribution is -2.51. The molecule has 0 radical (unpaired) electrons. The molecular formula is C20H17Cl2N3O3. The third kappa shape index (κ3) is 3.23. The number of rotatable bonds is 3. The van der Waals surface area contributed by atoms with Gasteiger partial charge in [-0.25, -0.2) is 4.79 Å². The zero-order valence-electron chi connectivity index (χ0n) is 14.8. The van der Waals surface area contributed by atoms with Gasteiger partial charge in [-0.05, 0) is 36.1 Å². The predicted octanol–water partition coefficient (Wildman–Crippen LogP) is 3.41. The van der Waals surface area contributed by atoms with Crippen molar-refractivity contribution in [2.45, 2.75) is 24.8 Å². The summed E-state index contributed by atoms with van der Waals surface area (Å²) in [5, 5.41) is 5.94. The second kappa shape index (κ2) is 7.11. The second-order valence-corrected chi connectivity index (χ2v) is 7.81. The summed E-state index contributed by atoms with van der Waals surface area (Å²) < 4.78 is 0. The number of aryl methyl sites for hydroxylation is 1. The molecular weight excluding hydrogens is 401 g/mol. The summed E-state index contributed by atoms with van der Waals surface area (Å²) in [6.45, 7) is -0.407. The van der Waals surface area contributed by atoms with E-state index in [4.69, 9.17) is 23.2 Å². The number of hydrogen-bond acceptors (Lipinski definition) is 3. The quantitative estimate of drug-likeness (QED) is 0.750. The number of para-hydroxylation sites is 1. The minimum atomic E-state index is -0.992. The van der Waals surface area contributed by atoms with Gasteiger partial charge in [-0.3, -0.25) is 14.5 Å². The van der Waals surface area contributed by atoms with Gasteiger partial charge in [-0.1, -0.05) is 53.5 Å². The fraction of sp³-hybridized carbons (Fsp3) is 0.250. The predicted molar refractivity (Wildman–Crippen MR) is 107 cm³/mol. The number of anilines is 1.